The Balaban J connectivity index is 1.03. The maximum absolute atomic E-state index is 13.3. The first-order chi connectivity index (χ1) is 20.1. The maximum atomic E-state index is 13.3. The second-order valence-electron chi connectivity index (χ2n) is 11.8. The van der Waals surface area contributed by atoms with Crippen molar-refractivity contribution in [2.45, 2.75) is 51.6 Å². The van der Waals surface area contributed by atoms with Gasteiger partial charge < -0.3 is 25.4 Å². The van der Waals surface area contributed by atoms with E-state index in [-0.39, 0.29) is 17.5 Å². The maximum Gasteiger partial charge on any atom is 0.418 e. The number of amides is 3. The van der Waals surface area contributed by atoms with Gasteiger partial charge in [0.15, 0.2) is 0 Å². The van der Waals surface area contributed by atoms with Crippen LogP contribution in [0.2, 0.25) is 0 Å². The first-order valence-corrected chi connectivity index (χ1v) is 14.8. The second kappa shape index (κ2) is 12.7. The molecule has 2 aliphatic rings. The van der Waals surface area contributed by atoms with Crippen molar-refractivity contribution >= 4 is 28.7 Å². The molecule has 8 nitrogen and oxygen atoms in total. The molecule has 3 aromatic rings. The number of hydrogen-bond donors (Lipinski definition) is 3. The molecule has 42 heavy (non-hydrogen) atoms. The fourth-order valence-electron chi connectivity index (χ4n) is 5.93. The highest BCUT2D eigenvalue weighted by Crippen LogP contribution is 2.35. The number of aromatic amines is 1. The molecule has 0 spiro atoms. The number of imidazole rings is 1. The normalized spacial score (nSPS) is 17.6. The minimum Gasteiger partial charge on any atom is -0.352 e. The SMILES string of the molecule is CC(C)c1nc2c(C(=O)NCC3CCN(CC4CCN(C(=O)Nc5ccccc5C(F)(F)F)CC4)CC3)cccc2[nH]1. The lowest BCUT2D eigenvalue weighted by atomic mass is 9.92. The molecule has 226 valence electrons. The Hall–Kier alpha value is -3.60. The van der Waals surface area contributed by atoms with Gasteiger partial charge in [0.25, 0.3) is 5.91 Å². The van der Waals surface area contributed by atoms with E-state index in [0.717, 1.165) is 62.7 Å². The third-order valence-electron chi connectivity index (χ3n) is 8.47. The highest BCUT2D eigenvalue weighted by Gasteiger charge is 2.34. The number of rotatable bonds is 7. The Bertz CT molecular complexity index is 1390. The van der Waals surface area contributed by atoms with Gasteiger partial charge in [-0.05, 0) is 74.9 Å². The van der Waals surface area contributed by atoms with Crippen molar-refractivity contribution in [3.05, 3.63) is 59.4 Å². The number of urea groups is 1. The minimum atomic E-state index is -4.53. The lowest BCUT2D eigenvalue weighted by Gasteiger charge is -2.37. The van der Waals surface area contributed by atoms with E-state index >= 15 is 0 Å². The van der Waals surface area contributed by atoms with Crippen LogP contribution in [0.15, 0.2) is 42.5 Å². The number of para-hydroxylation sites is 2. The fraction of sp³-hybridized carbons (Fsp3) is 0.516. The average molecular weight is 585 g/mol. The van der Waals surface area contributed by atoms with Gasteiger partial charge in [-0.1, -0.05) is 32.0 Å². The third kappa shape index (κ3) is 7.06. The molecule has 2 fully saturated rings. The zero-order valence-electron chi connectivity index (χ0n) is 24.1. The number of nitrogens with one attached hydrogen (secondary N) is 3. The van der Waals surface area contributed by atoms with E-state index in [1.807, 2.05) is 18.2 Å². The van der Waals surface area contributed by atoms with Crippen molar-refractivity contribution in [1.29, 1.82) is 0 Å². The van der Waals surface area contributed by atoms with Gasteiger partial charge in [0, 0.05) is 32.1 Å². The van der Waals surface area contributed by atoms with Gasteiger partial charge in [0.2, 0.25) is 0 Å². The Morgan fingerprint density at radius 2 is 1.67 bits per heavy atom. The molecule has 2 saturated heterocycles. The lowest BCUT2D eigenvalue weighted by molar-refractivity contribution is -0.136. The summed E-state index contributed by atoms with van der Waals surface area (Å²) in [5.41, 5.74) is 1.12. The van der Waals surface area contributed by atoms with E-state index in [0.29, 0.717) is 42.6 Å². The van der Waals surface area contributed by atoms with Gasteiger partial charge >= 0.3 is 12.2 Å². The van der Waals surface area contributed by atoms with Crippen molar-refractivity contribution in [1.82, 2.24) is 25.1 Å². The number of anilines is 1. The monoisotopic (exact) mass is 584 g/mol. The molecular formula is C31H39F3N6O2. The minimum absolute atomic E-state index is 0.0949. The molecule has 0 bridgehead atoms. The van der Waals surface area contributed by atoms with Crippen molar-refractivity contribution in [2.75, 3.05) is 44.6 Å². The molecular weight excluding hydrogens is 545 g/mol. The zero-order valence-corrected chi connectivity index (χ0v) is 24.1. The number of H-pyrrole nitrogens is 1. The number of benzene rings is 2. The van der Waals surface area contributed by atoms with E-state index in [2.05, 4.69) is 39.3 Å². The van der Waals surface area contributed by atoms with Gasteiger partial charge in [0.05, 0.1) is 22.3 Å². The first-order valence-electron chi connectivity index (χ1n) is 14.8. The summed E-state index contributed by atoms with van der Waals surface area (Å²) in [5.74, 6) is 1.89. The predicted molar refractivity (Wildman–Crippen MR) is 156 cm³/mol. The summed E-state index contributed by atoms with van der Waals surface area (Å²) >= 11 is 0. The third-order valence-corrected chi connectivity index (χ3v) is 8.47. The van der Waals surface area contributed by atoms with Gasteiger partial charge in [-0.2, -0.15) is 13.2 Å². The van der Waals surface area contributed by atoms with E-state index in [9.17, 15) is 22.8 Å². The fourth-order valence-corrected chi connectivity index (χ4v) is 5.93. The van der Waals surface area contributed by atoms with Crippen LogP contribution in [-0.4, -0.2) is 71.0 Å². The summed E-state index contributed by atoms with van der Waals surface area (Å²) in [6, 6.07) is 10.2. The summed E-state index contributed by atoms with van der Waals surface area (Å²) in [5, 5.41) is 5.58. The van der Waals surface area contributed by atoms with Crippen LogP contribution in [0.5, 0.6) is 0 Å². The molecule has 2 aliphatic heterocycles. The Kier molecular flexibility index (Phi) is 9.05. The molecule has 3 N–H and O–H groups in total. The summed E-state index contributed by atoms with van der Waals surface area (Å²) in [7, 11) is 0. The number of aromatic nitrogens is 2. The Labute approximate surface area is 244 Å². The molecule has 0 unspecified atom stereocenters. The first kappa shape index (κ1) is 29.9. The van der Waals surface area contributed by atoms with Crippen molar-refractivity contribution in [3.63, 3.8) is 0 Å². The van der Waals surface area contributed by atoms with Crippen LogP contribution in [0.4, 0.5) is 23.7 Å². The van der Waals surface area contributed by atoms with E-state index < -0.39 is 17.8 Å². The summed E-state index contributed by atoms with van der Waals surface area (Å²) in [6.45, 7) is 8.68. The van der Waals surface area contributed by atoms with Gasteiger partial charge in [0.1, 0.15) is 11.3 Å². The largest absolute Gasteiger partial charge is 0.418 e. The summed E-state index contributed by atoms with van der Waals surface area (Å²) in [4.78, 5) is 37.7. The number of hydrogen-bond acceptors (Lipinski definition) is 4. The van der Waals surface area contributed by atoms with E-state index in [1.54, 1.807) is 4.90 Å². The summed E-state index contributed by atoms with van der Waals surface area (Å²) < 4.78 is 39.8. The molecule has 0 saturated carbocycles. The summed E-state index contributed by atoms with van der Waals surface area (Å²) in [6.07, 6.45) is -0.875. The molecule has 3 heterocycles. The standard InChI is InChI=1S/C31H39F3N6O2/c1-20(2)28-36-26-9-5-6-23(27(26)38-28)29(41)35-18-21-10-14-39(15-11-21)19-22-12-16-40(17-13-22)30(42)37-25-8-4-3-7-24(25)31(32,33)34/h3-9,20-22H,10-19H2,1-2H3,(H,35,41)(H,36,38)(H,37,42). The number of halogens is 3. The molecule has 11 heteroatoms. The highest BCUT2D eigenvalue weighted by molar-refractivity contribution is 6.04. The van der Waals surface area contributed by atoms with E-state index in [1.165, 1.54) is 18.2 Å². The highest BCUT2D eigenvalue weighted by atomic mass is 19.4. The van der Waals surface area contributed by atoms with Gasteiger partial charge in [-0.3, -0.25) is 4.79 Å². The van der Waals surface area contributed by atoms with Crippen LogP contribution < -0.4 is 10.6 Å². The number of likely N-dealkylation sites (tertiary alicyclic amines) is 2. The number of carbonyl (C=O) groups excluding carboxylic acids is 2. The zero-order chi connectivity index (χ0) is 29.9. The molecule has 5 rings (SSSR count). The van der Waals surface area contributed by atoms with Crippen LogP contribution in [0.3, 0.4) is 0 Å². The van der Waals surface area contributed by atoms with Crippen molar-refractivity contribution in [3.8, 4) is 0 Å². The van der Waals surface area contributed by atoms with Crippen LogP contribution >= 0.6 is 0 Å². The van der Waals surface area contributed by atoms with Crippen molar-refractivity contribution in [2.24, 2.45) is 11.8 Å². The smallest absolute Gasteiger partial charge is 0.352 e. The molecule has 2 aromatic carbocycles. The molecule has 3 amide bonds. The number of alkyl halides is 3. The van der Waals surface area contributed by atoms with E-state index in [4.69, 9.17) is 0 Å². The quantitative estimate of drug-likeness (QED) is 0.313. The number of carbonyl (C=O) groups is 2. The number of piperidine rings is 2. The van der Waals surface area contributed by atoms with Crippen molar-refractivity contribution < 1.29 is 22.8 Å². The molecule has 0 aliphatic carbocycles. The molecule has 1 aromatic heterocycles. The van der Waals surface area contributed by atoms with Gasteiger partial charge in [-0.25, -0.2) is 9.78 Å². The lowest BCUT2D eigenvalue weighted by Crippen LogP contribution is -2.45. The number of nitrogens with zero attached hydrogens (tertiary/aromatic N) is 3. The van der Waals surface area contributed by atoms with Crippen LogP contribution in [0.25, 0.3) is 11.0 Å². The second-order valence-corrected chi connectivity index (χ2v) is 11.8. The van der Waals surface area contributed by atoms with Crippen LogP contribution in [0, 0.1) is 11.8 Å². The van der Waals surface area contributed by atoms with Crippen LogP contribution in [0.1, 0.15) is 67.2 Å². The average Bonchev–Trinajstić information content (AvgIpc) is 3.42. The molecule has 0 radical (unpaired) electrons. The topological polar surface area (TPSA) is 93.4 Å². The van der Waals surface area contributed by atoms with Gasteiger partial charge in [-0.15, -0.1) is 0 Å². The Morgan fingerprint density at radius 3 is 2.36 bits per heavy atom. The Morgan fingerprint density at radius 1 is 0.976 bits per heavy atom. The predicted octanol–water partition coefficient (Wildman–Crippen LogP) is 6.09. The van der Waals surface area contributed by atoms with Crippen LogP contribution in [-0.2, 0) is 6.18 Å². The molecule has 0 atom stereocenters. The number of fused-ring (bicyclic) bond motifs is 1.